The number of rotatable bonds is 7. The van der Waals surface area contributed by atoms with Crippen LogP contribution in [0.4, 0.5) is 0 Å². The summed E-state index contributed by atoms with van der Waals surface area (Å²) in [5, 5.41) is 0.514. The zero-order chi connectivity index (χ0) is 27.1. The van der Waals surface area contributed by atoms with Crippen molar-refractivity contribution in [3.05, 3.63) is 104 Å². The van der Waals surface area contributed by atoms with Crippen LogP contribution >= 0.6 is 0 Å². The Bertz CT molecular complexity index is 1580. The minimum absolute atomic E-state index is 0.139. The van der Waals surface area contributed by atoms with Gasteiger partial charge in [0.25, 0.3) is 5.91 Å². The highest BCUT2D eigenvalue weighted by molar-refractivity contribution is 5.99. The molecule has 1 aliphatic rings. The molecule has 0 spiro atoms. The largest absolute Gasteiger partial charge is 0.493 e. The molecule has 1 atom stereocenters. The minimum atomic E-state index is -0.527. The van der Waals surface area contributed by atoms with Crippen molar-refractivity contribution in [3.8, 4) is 11.5 Å². The summed E-state index contributed by atoms with van der Waals surface area (Å²) in [5.41, 5.74) is 5.66. The first-order valence-corrected chi connectivity index (χ1v) is 12.9. The van der Waals surface area contributed by atoms with E-state index < -0.39 is 6.04 Å². The number of carbonyl (C=O) groups is 1. The van der Waals surface area contributed by atoms with E-state index in [1.165, 1.54) is 5.56 Å². The number of fused-ring (bicyclic) bond motifs is 2. The highest BCUT2D eigenvalue weighted by Crippen LogP contribution is 2.39. The monoisotopic (exact) mass is 511 g/mol. The second-order valence-corrected chi connectivity index (χ2v) is 10.3. The van der Waals surface area contributed by atoms with Crippen LogP contribution in [0.3, 0.4) is 0 Å². The average Bonchev–Trinajstić information content (AvgIpc) is 3.19. The van der Waals surface area contributed by atoms with E-state index in [1.807, 2.05) is 56.3 Å². The molecule has 6 nitrogen and oxygen atoms in total. The summed E-state index contributed by atoms with van der Waals surface area (Å²) in [7, 11) is 3.20. The number of amides is 1. The van der Waals surface area contributed by atoms with Crippen molar-refractivity contribution < 1.29 is 18.7 Å². The zero-order valence-electron chi connectivity index (χ0n) is 22.8. The molecular formula is C32H33NO5. The lowest BCUT2D eigenvalue weighted by Crippen LogP contribution is -2.31. The molecule has 0 radical (unpaired) electrons. The molecule has 3 aromatic carbocycles. The number of hydrogen-bond donors (Lipinski definition) is 0. The molecule has 4 aromatic rings. The molecule has 0 fully saturated rings. The zero-order valence-corrected chi connectivity index (χ0v) is 22.8. The number of methoxy groups -OCH3 is 2. The first-order chi connectivity index (χ1) is 18.2. The van der Waals surface area contributed by atoms with Gasteiger partial charge in [-0.05, 0) is 72.2 Å². The van der Waals surface area contributed by atoms with Crippen LogP contribution in [0, 0.1) is 13.8 Å². The maximum atomic E-state index is 13.9. The quantitative estimate of drug-likeness (QED) is 0.290. The van der Waals surface area contributed by atoms with Gasteiger partial charge in [0.1, 0.15) is 5.58 Å². The fourth-order valence-electron chi connectivity index (χ4n) is 5.40. The molecule has 1 aromatic heterocycles. The van der Waals surface area contributed by atoms with Gasteiger partial charge in [-0.3, -0.25) is 9.59 Å². The third-order valence-electron chi connectivity index (χ3n) is 7.41. The van der Waals surface area contributed by atoms with Gasteiger partial charge in [-0.1, -0.05) is 50.2 Å². The summed E-state index contributed by atoms with van der Waals surface area (Å²) in [6, 6.07) is 17.2. The van der Waals surface area contributed by atoms with Gasteiger partial charge in [0.15, 0.2) is 16.9 Å². The fourth-order valence-corrected chi connectivity index (χ4v) is 5.40. The molecule has 6 heteroatoms. The minimum Gasteiger partial charge on any atom is -0.493 e. The summed E-state index contributed by atoms with van der Waals surface area (Å²) in [6.07, 6.45) is 0.576. The van der Waals surface area contributed by atoms with Crippen molar-refractivity contribution in [2.45, 2.75) is 46.1 Å². The van der Waals surface area contributed by atoms with Crippen molar-refractivity contribution >= 4 is 16.9 Å². The molecule has 1 unspecified atom stereocenters. The molecule has 5 rings (SSSR count). The van der Waals surface area contributed by atoms with Gasteiger partial charge in [0.05, 0.1) is 31.2 Å². The Morgan fingerprint density at radius 3 is 2.29 bits per heavy atom. The van der Waals surface area contributed by atoms with E-state index in [9.17, 15) is 9.59 Å². The number of carbonyl (C=O) groups excluding carboxylic acids is 1. The van der Waals surface area contributed by atoms with Crippen molar-refractivity contribution in [2.75, 3.05) is 20.8 Å². The lowest BCUT2D eigenvalue weighted by Gasteiger charge is -2.25. The van der Waals surface area contributed by atoms with Gasteiger partial charge in [0.2, 0.25) is 5.76 Å². The number of benzene rings is 3. The summed E-state index contributed by atoms with van der Waals surface area (Å²) >= 11 is 0. The van der Waals surface area contributed by atoms with E-state index in [2.05, 4.69) is 26.0 Å². The second-order valence-electron chi connectivity index (χ2n) is 10.3. The van der Waals surface area contributed by atoms with E-state index in [0.717, 1.165) is 22.3 Å². The van der Waals surface area contributed by atoms with Crippen LogP contribution in [0.5, 0.6) is 11.5 Å². The maximum absolute atomic E-state index is 13.9. The molecule has 0 N–H and O–H groups in total. The molecule has 0 saturated heterocycles. The summed E-state index contributed by atoms with van der Waals surface area (Å²) in [6.45, 7) is 8.56. The lowest BCUT2D eigenvalue weighted by atomic mass is 9.94. The normalized spacial score (nSPS) is 14.9. The summed E-state index contributed by atoms with van der Waals surface area (Å²) < 4.78 is 17.0. The van der Waals surface area contributed by atoms with Gasteiger partial charge < -0.3 is 18.8 Å². The second kappa shape index (κ2) is 10.0. The van der Waals surface area contributed by atoms with Crippen molar-refractivity contribution in [3.63, 3.8) is 0 Å². The van der Waals surface area contributed by atoms with Crippen molar-refractivity contribution in [2.24, 2.45) is 0 Å². The fraction of sp³-hybridized carbons (Fsp3) is 0.312. The van der Waals surface area contributed by atoms with Crippen LogP contribution < -0.4 is 14.9 Å². The summed E-state index contributed by atoms with van der Waals surface area (Å²) in [5.74, 6) is 1.53. The van der Waals surface area contributed by atoms with Gasteiger partial charge in [-0.15, -0.1) is 0 Å². The van der Waals surface area contributed by atoms with E-state index >= 15 is 0 Å². The Kier molecular flexibility index (Phi) is 6.74. The van der Waals surface area contributed by atoms with Gasteiger partial charge in [-0.2, -0.15) is 0 Å². The predicted molar refractivity (Wildman–Crippen MR) is 149 cm³/mol. The number of ether oxygens (including phenoxy) is 2. The molecule has 38 heavy (non-hydrogen) atoms. The Hall–Kier alpha value is -4.06. The van der Waals surface area contributed by atoms with Crippen molar-refractivity contribution in [1.82, 2.24) is 4.90 Å². The Balaban J connectivity index is 1.61. The van der Waals surface area contributed by atoms with Gasteiger partial charge in [0, 0.05) is 6.54 Å². The molecule has 1 aliphatic heterocycles. The molecule has 2 heterocycles. The maximum Gasteiger partial charge on any atom is 0.290 e. The van der Waals surface area contributed by atoms with Crippen molar-refractivity contribution in [1.29, 1.82) is 0 Å². The first kappa shape index (κ1) is 25.6. The highest BCUT2D eigenvalue weighted by Gasteiger charge is 2.42. The predicted octanol–water partition coefficient (Wildman–Crippen LogP) is 6.34. The molecule has 196 valence electrons. The van der Waals surface area contributed by atoms with Crippen LogP contribution in [-0.4, -0.2) is 31.6 Å². The van der Waals surface area contributed by atoms with Crippen LogP contribution in [-0.2, 0) is 6.42 Å². The molecule has 0 saturated carbocycles. The van der Waals surface area contributed by atoms with Crippen LogP contribution in [0.25, 0.3) is 11.0 Å². The summed E-state index contributed by atoms with van der Waals surface area (Å²) in [4.78, 5) is 29.5. The SMILES string of the molecule is COc1ccc(CCN2C(=O)c3oc4c(C)cc(C)cc4c(=O)c3C2c2ccc(C(C)C)cc2)cc1OC. The smallest absolute Gasteiger partial charge is 0.290 e. The van der Waals surface area contributed by atoms with E-state index in [1.54, 1.807) is 19.1 Å². The van der Waals surface area contributed by atoms with E-state index in [0.29, 0.717) is 46.9 Å². The lowest BCUT2D eigenvalue weighted by molar-refractivity contribution is 0.0730. The van der Waals surface area contributed by atoms with Gasteiger partial charge in [-0.25, -0.2) is 0 Å². The number of hydrogen-bond acceptors (Lipinski definition) is 5. The van der Waals surface area contributed by atoms with Gasteiger partial charge >= 0.3 is 0 Å². The average molecular weight is 512 g/mol. The molecule has 0 aliphatic carbocycles. The van der Waals surface area contributed by atoms with Crippen LogP contribution in [0.2, 0.25) is 0 Å². The standard InChI is InChI=1S/C32H33NO5/c1-18(2)22-8-10-23(11-9-22)28-27-29(34)24-16-19(3)15-20(4)30(24)38-31(27)32(35)33(28)14-13-21-7-12-25(36-5)26(17-21)37-6/h7-12,15-18,28H,13-14H2,1-6H3. The van der Waals surface area contributed by atoms with Crippen LogP contribution in [0.15, 0.2) is 63.8 Å². The Morgan fingerprint density at radius 1 is 0.921 bits per heavy atom. The van der Waals surface area contributed by atoms with E-state index in [-0.39, 0.29) is 17.1 Å². The molecule has 0 bridgehead atoms. The van der Waals surface area contributed by atoms with Crippen LogP contribution in [0.1, 0.15) is 69.7 Å². The number of aryl methyl sites for hydroxylation is 2. The third-order valence-corrected chi connectivity index (χ3v) is 7.41. The number of nitrogens with zero attached hydrogens (tertiary/aromatic N) is 1. The Labute approximate surface area is 222 Å². The topological polar surface area (TPSA) is 69.0 Å². The molecular weight excluding hydrogens is 478 g/mol. The Morgan fingerprint density at radius 2 is 1.63 bits per heavy atom. The third kappa shape index (κ3) is 4.34. The molecule has 1 amide bonds. The van der Waals surface area contributed by atoms with E-state index in [4.69, 9.17) is 13.9 Å². The first-order valence-electron chi connectivity index (χ1n) is 12.9. The highest BCUT2D eigenvalue weighted by atomic mass is 16.5.